The minimum absolute atomic E-state index is 0.0165. The smallest absolute Gasteiger partial charge is 0.293 e. The Bertz CT molecular complexity index is 1600. The molecule has 45 heavy (non-hydrogen) atoms. The molecule has 234 valence electrons. The molecule has 1 amide bonds. The SMILES string of the molecule is CCOc1ccc(/C=C2\CCCC3C2=NN(C(=O)c2ccc(N4CCOCC4)c([N+](=O)[O-])c2)C3c2ccc(OCC)cc2)cc1. The number of nitro benzene ring substituents is 1. The topological polar surface area (TPSA) is 107 Å². The van der Waals surface area contributed by atoms with Crippen LogP contribution < -0.4 is 14.4 Å². The van der Waals surface area contributed by atoms with Gasteiger partial charge in [0.05, 0.1) is 43.1 Å². The van der Waals surface area contributed by atoms with Crippen molar-refractivity contribution in [2.45, 2.75) is 39.2 Å². The Kier molecular flexibility index (Phi) is 9.11. The zero-order chi connectivity index (χ0) is 31.3. The number of rotatable bonds is 9. The third-order valence-corrected chi connectivity index (χ3v) is 8.55. The van der Waals surface area contributed by atoms with Gasteiger partial charge in [0.15, 0.2) is 0 Å². The molecule has 0 N–H and O–H groups in total. The predicted molar refractivity (Wildman–Crippen MR) is 173 cm³/mol. The number of carbonyl (C=O) groups excluding carboxylic acids is 1. The maximum atomic E-state index is 14.3. The summed E-state index contributed by atoms with van der Waals surface area (Å²) in [5, 5.41) is 18.7. The van der Waals surface area contributed by atoms with E-state index in [1.54, 1.807) is 17.1 Å². The van der Waals surface area contributed by atoms with Crippen LogP contribution in [0.15, 0.2) is 77.4 Å². The van der Waals surface area contributed by atoms with Crippen molar-refractivity contribution in [3.8, 4) is 11.5 Å². The minimum atomic E-state index is -0.418. The number of hydrazone groups is 1. The van der Waals surface area contributed by atoms with E-state index in [0.717, 1.165) is 53.2 Å². The van der Waals surface area contributed by atoms with Gasteiger partial charge in [-0.2, -0.15) is 5.10 Å². The Hall–Kier alpha value is -4.70. The van der Waals surface area contributed by atoms with Gasteiger partial charge in [-0.1, -0.05) is 24.3 Å². The molecule has 6 rings (SSSR count). The third kappa shape index (κ3) is 6.42. The molecule has 10 nitrogen and oxygen atoms in total. The quantitative estimate of drug-likeness (QED) is 0.197. The highest BCUT2D eigenvalue weighted by Gasteiger charge is 2.44. The van der Waals surface area contributed by atoms with Gasteiger partial charge in [0, 0.05) is 30.6 Å². The van der Waals surface area contributed by atoms with Crippen molar-refractivity contribution < 1.29 is 23.9 Å². The second-order valence-electron chi connectivity index (χ2n) is 11.3. The Morgan fingerprint density at radius 1 is 1.00 bits per heavy atom. The van der Waals surface area contributed by atoms with Gasteiger partial charge in [-0.25, -0.2) is 5.01 Å². The van der Waals surface area contributed by atoms with Crippen LogP contribution in [0.3, 0.4) is 0 Å². The van der Waals surface area contributed by atoms with E-state index in [1.165, 1.54) is 6.07 Å². The molecular formula is C35H38N4O6. The average Bonchev–Trinajstić information content (AvgIpc) is 3.47. The number of hydrogen-bond acceptors (Lipinski definition) is 8. The molecule has 3 aromatic rings. The van der Waals surface area contributed by atoms with E-state index in [4.69, 9.17) is 19.3 Å². The van der Waals surface area contributed by atoms with Crippen LogP contribution in [0.25, 0.3) is 6.08 Å². The van der Waals surface area contributed by atoms with Crippen molar-refractivity contribution in [2.75, 3.05) is 44.4 Å². The van der Waals surface area contributed by atoms with E-state index >= 15 is 0 Å². The Morgan fingerprint density at radius 3 is 2.31 bits per heavy atom. The van der Waals surface area contributed by atoms with E-state index in [9.17, 15) is 14.9 Å². The lowest BCUT2D eigenvalue weighted by Crippen LogP contribution is -2.36. The molecular weight excluding hydrogens is 572 g/mol. The second-order valence-corrected chi connectivity index (χ2v) is 11.3. The summed E-state index contributed by atoms with van der Waals surface area (Å²) >= 11 is 0. The van der Waals surface area contributed by atoms with Crippen molar-refractivity contribution in [1.29, 1.82) is 0 Å². The number of ether oxygens (including phenoxy) is 3. The van der Waals surface area contributed by atoms with Crippen LogP contribution >= 0.6 is 0 Å². The number of anilines is 1. The zero-order valence-corrected chi connectivity index (χ0v) is 25.7. The van der Waals surface area contributed by atoms with Crippen LogP contribution in [0.5, 0.6) is 11.5 Å². The maximum absolute atomic E-state index is 14.3. The fraction of sp³-hybridized carbons (Fsp3) is 0.371. The highest BCUT2D eigenvalue weighted by Crippen LogP contribution is 2.45. The molecule has 2 fully saturated rings. The predicted octanol–water partition coefficient (Wildman–Crippen LogP) is 6.67. The van der Waals surface area contributed by atoms with Gasteiger partial charge in [-0.3, -0.25) is 14.9 Å². The number of allylic oxidation sites excluding steroid dienone is 1. The van der Waals surface area contributed by atoms with Gasteiger partial charge < -0.3 is 19.1 Å². The van der Waals surface area contributed by atoms with Gasteiger partial charge in [-0.15, -0.1) is 0 Å². The maximum Gasteiger partial charge on any atom is 0.293 e. The van der Waals surface area contributed by atoms with Crippen LogP contribution in [0.2, 0.25) is 0 Å². The van der Waals surface area contributed by atoms with Crippen LogP contribution in [0.1, 0.15) is 60.6 Å². The Morgan fingerprint density at radius 2 is 1.67 bits per heavy atom. The molecule has 2 unspecified atom stereocenters. The van der Waals surface area contributed by atoms with E-state index in [-0.39, 0.29) is 29.1 Å². The molecule has 0 aromatic heterocycles. The highest BCUT2D eigenvalue weighted by atomic mass is 16.6. The van der Waals surface area contributed by atoms with Crippen LogP contribution in [0.4, 0.5) is 11.4 Å². The lowest BCUT2D eigenvalue weighted by atomic mass is 9.77. The molecule has 0 radical (unpaired) electrons. The summed E-state index contributed by atoms with van der Waals surface area (Å²) in [5.74, 6) is 1.19. The van der Waals surface area contributed by atoms with E-state index in [1.807, 2.05) is 67.3 Å². The molecule has 2 atom stereocenters. The molecule has 3 aliphatic rings. The van der Waals surface area contributed by atoms with Gasteiger partial charge in [0.1, 0.15) is 17.2 Å². The Balaban J connectivity index is 1.38. The molecule has 1 saturated carbocycles. The van der Waals surface area contributed by atoms with Gasteiger partial charge in [-0.05, 0) is 92.3 Å². The van der Waals surface area contributed by atoms with Gasteiger partial charge in [0.25, 0.3) is 11.6 Å². The minimum Gasteiger partial charge on any atom is -0.494 e. The molecule has 0 spiro atoms. The fourth-order valence-corrected chi connectivity index (χ4v) is 6.46. The summed E-state index contributed by atoms with van der Waals surface area (Å²) in [6.45, 7) is 7.17. The first kappa shape index (κ1) is 30.3. The highest BCUT2D eigenvalue weighted by molar-refractivity contribution is 6.09. The summed E-state index contributed by atoms with van der Waals surface area (Å²) in [6.07, 6.45) is 4.82. The average molecular weight is 611 g/mol. The van der Waals surface area contributed by atoms with Crippen LogP contribution in [0, 0.1) is 16.0 Å². The second kappa shape index (κ2) is 13.5. The fourth-order valence-electron chi connectivity index (χ4n) is 6.46. The van der Waals surface area contributed by atoms with Crippen LogP contribution in [-0.4, -0.2) is 61.1 Å². The standard InChI is InChI=1S/C35H38N4O6/c1-3-44-28-13-8-24(9-14-28)22-26-6-5-7-30-33(26)36-38(34(30)25-10-15-29(16-11-25)45-4-2)35(40)27-12-17-31(32(23-27)39(41)42)37-18-20-43-21-19-37/h8-17,22-23,30,34H,3-7,18-21H2,1-2H3/b26-22+. The van der Waals surface area contributed by atoms with Crippen molar-refractivity contribution in [1.82, 2.24) is 5.01 Å². The number of nitrogens with zero attached hydrogens (tertiary/aromatic N) is 4. The largest absolute Gasteiger partial charge is 0.494 e. The number of fused-ring (bicyclic) bond motifs is 1. The van der Waals surface area contributed by atoms with Crippen molar-refractivity contribution in [3.63, 3.8) is 0 Å². The number of nitro groups is 1. The lowest BCUT2D eigenvalue weighted by molar-refractivity contribution is -0.384. The molecule has 2 heterocycles. The van der Waals surface area contributed by atoms with Crippen molar-refractivity contribution in [3.05, 3.63) is 99.1 Å². The summed E-state index contributed by atoms with van der Waals surface area (Å²) in [5.41, 5.74) is 4.59. The number of amides is 1. The Labute approximate surface area is 263 Å². The molecule has 0 bridgehead atoms. The van der Waals surface area contributed by atoms with Gasteiger partial charge in [0.2, 0.25) is 0 Å². The lowest BCUT2D eigenvalue weighted by Gasteiger charge is -2.30. The number of carbonyl (C=O) groups is 1. The van der Waals surface area contributed by atoms with Crippen molar-refractivity contribution in [2.24, 2.45) is 11.0 Å². The number of morpholine rings is 1. The monoisotopic (exact) mass is 610 g/mol. The van der Waals surface area contributed by atoms with E-state index in [0.29, 0.717) is 45.2 Å². The molecule has 10 heteroatoms. The van der Waals surface area contributed by atoms with E-state index in [2.05, 4.69) is 6.08 Å². The first-order chi connectivity index (χ1) is 22.0. The third-order valence-electron chi connectivity index (χ3n) is 8.55. The first-order valence-corrected chi connectivity index (χ1v) is 15.7. The number of benzene rings is 3. The van der Waals surface area contributed by atoms with E-state index < -0.39 is 4.92 Å². The molecule has 2 aliphatic heterocycles. The summed E-state index contributed by atoms with van der Waals surface area (Å²) in [6, 6.07) is 20.2. The number of hydrogen-bond donors (Lipinski definition) is 0. The first-order valence-electron chi connectivity index (χ1n) is 15.7. The molecule has 1 aliphatic carbocycles. The molecule has 1 saturated heterocycles. The van der Waals surface area contributed by atoms with Crippen LogP contribution in [-0.2, 0) is 4.74 Å². The molecule has 3 aromatic carbocycles. The summed E-state index contributed by atoms with van der Waals surface area (Å²) in [7, 11) is 0. The summed E-state index contributed by atoms with van der Waals surface area (Å²) in [4.78, 5) is 28.0. The zero-order valence-electron chi connectivity index (χ0n) is 25.7. The van der Waals surface area contributed by atoms with Crippen molar-refractivity contribution >= 4 is 29.1 Å². The van der Waals surface area contributed by atoms with Gasteiger partial charge >= 0.3 is 0 Å². The normalized spacial score (nSPS) is 20.5. The summed E-state index contributed by atoms with van der Waals surface area (Å²) < 4.78 is 16.7.